The molecule has 1 saturated carbocycles. The topological polar surface area (TPSA) is 223 Å². The number of rotatable bonds is 14. The Morgan fingerprint density at radius 3 is 2.36 bits per heavy atom. The Morgan fingerprint density at radius 2 is 1.70 bits per heavy atom. The number of carbonyl (C=O) groups excluding carboxylic acids is 6. The Balaban J connectivity index is 1.37. The largest absolute Gasteiger partial charge is 0.475 e. The van der Waals surface area contributed by atoms with Gasteiger partial charge in [0.25, 0.3) is 0 Å². The summed E-state index contributed by atoms with van der Waals surface area (Å²) in [4.78, 5) is 96.4. The molecule has 1 aliphatic carbocycles. The Kier molecular flexibility index (Phi) is 16.8. The summed E-state index contributed by atoms with van der Waals surface area (Å²) in [6.45, 7) is 3.82. The monoisotopic (exact) mass is 712 g/mol. The molecular formula is C30H53BN8O11. The average molecular weight is 713 g/mol. The first-order valence-corrected chi connectivity index (χ1v) is 17.2. The van der Waals surface area contributed by atoms with E-state index >= 15 is 0 Å². The van der Waals surface area contributed by atoms with Gasteiger partial charge in [0, 0.05) is 45.2 Å². The molecular weight excluding hydrogens is 659 g/mol. The third kappa shape index (κ3) is 13.7. The van der Waals surface area contributed by atoms with Crippen LogP contribution < -0.4 is 16.0 Å². The molecule has 3 fully saturated rings. The van der Waals surface area contributed by atoms with Crippen LogP contribution in [-0.4, -0.2) is 176 Å². The standard InChI is InChI=1S/C30H53BN8O11/c1-21(30(45)38-11-5-6-24(38)31(46)47)34-29(44)23-9-7-22(8-10-23)16-33-25(40)18-35(3)12-14-37-15-13-36(4)19-27(42)49-39(50-28(43)20-37)48-26(41)17-32-2/h21-24,32,46-47H,5-20H2,1-4H3,(H,33,40)(H,34,44)/t21-,22-,23-,24+/m1/s1. The predicted octanol–water partition coefficient (Wildman–Crippen LogP) is -3.51. The van der Waals surface area contributed by atoms with Crippen molar-refractivity contribution in [3.63, 3.8) is 0 Å². The summed E-state index contributed by atoms with van der Waals surface area (Å²) < 4.78 is 0. The lowest BCUT2D eigenvalue weighted by molar-refractivity contribution is -0.463. The van der Waals surface area contributed by atoms with Gasteiger partial charge in [-0.1, -0.05) is 0 Å². The van der Waals surface area contributed by atoms with Crippen LogP contribution in [0.1, 0.15) is 45.4 Å². The third-order valence-corrected chi connectivity index (χ3v) is 9.07. The lowest BCUT2D eigenvalue weighted by atomic mass is 9.77. The minimum Gasteiger partial charge on any atom is -0.426 e. The van der Waals surface area contributed by atoms with Gasteiger partial charge < -0.3 is 30.9 Å². The maximum absolute atomic E-state index is 12.9. The molecule has 20 heteroatoms. The Bertz CT molecular complexity index is 1180. The third-order valence-electron chi connectivity index (χ3n) is 9.07. The van der Waals surface area contributed by atoms with Crippen molar-refractivity contribution in [1.82, 2.24) is 40.9 Å². The van der Waals surface area contributed by atoms with Crippen molar-refractivity contribution in [2.75, 3.05) is 86.6 Å². The highest BCUT2D eigenvalue weighted by atomic mass is 17.2. The van der Waals surface area contributed by atoms with Gasteiger partial charge in [-0.2, -0.15) is 0 Å². The van der Waals surface area contributed by atoms with E-state index in [9.17, 15) is 38.8 Å². The molecule has 0 aromatic rings. The van der Waals surface area contributed by atoms with Crippen molar-refractivity contribution in [3.05, 3.63) is 0 Å². The molecule has 3 rings (SSSR count). The molecule has 2 heterocycles. The molecule has 3 aliphatic rings. The van der Waals surface area contributed by atoms with E-state index < -0.39 is 37.0 Å². The maximum atomic E-state index is 12.9. The van der Waals surface area contributed by atoms with Crippen LogP contribution in [0.4, 0.5) is 0 Å². The number of nitrogens with zero attached hydrogens (tertiary/aromatic N) is 5. The quantitative estimate of drug-likeness (QED) is 0.110. The Labute approximate surface area is 292 Å². The van der Waals surface area contributed by atoms with Crippen molar-refractivity contribution in [2.45, 2.75) is 57.4 Å². The molecule has 0 radical (unpaired) electrons. The smallest absolute Gasteiger partial charge is 0.426 e. The number of likely N-dealkylation sites (tertiary alicyclic amines) is 1. The van der Waals surface area contributed by atoms with Crippen LogP contribution in [0.2, 0.25) is 0 Å². The van der Waals surface area contributed by atoms with Crippen LogP contribution in [0.25, 0.3) is 0 Å². The molecule has 2 atom stereocenters. The molecule has 3 amide bonds. The number of hydrogen-bond donors (Lipinski definition) is 5. The molecule has 0 bridgehead atoms. The first-order valence-electron chi connectivity index (χ1n) is 17.2. The molecule has 5 N–H and O–H groups in total. The lowest BCUT2D eigenvalue weighted by Crippen LogP contribution is -2.53. The van der Waals surface area contributed by atoms with E-state index in [1.807, 2.05) is 4.90 Å². The number of hydrogen-bond acceptors (Lipinski definition) is 16. The Morgan fingerprint density at radius 1 is 1.02 bits per heavy atom. The van der Waals surface area contributed by atoms with Gasteiger partial charge in [0.2, 0.25) is 23.1 Å². The molecule has 0 aromatic carbocycles. The first-order chi connectivity index (χ1) is 23.7. The summed E-state index contributed by atoms with van der Waals surface area (Å²) in [6.07, 6.45) is 3.97. The van der Waals surface area contributed by atoms with E-state index in [2.05, 4.69) is 16.0 Å². The summed E-state index contributed by atoms with van der Waals surface area (Å²) in [7, 11) is 3.40. The zero-order chi connectivity index (χ0) is 36.8. The minimum atomic E-state index is -1.61. The van der Waals surface area contributed by atoms with Crippen LogP contribution in [0, 0.1) is 11.8 Å². The fraction of sp³-hybridized carbons (Fsp3) is 0.800. The Hall–Kier alpha value is -3.40. The van der Waals surface area contributed by atoms with E-state index in [1.165, 1.54) is 11.9 Å². The van der Waals surface area contributed by atoms with Gasteiger partial charge in [-0.25, -0.2) is 14.4 Å². The van der Waals surface area contributed by atoms with Gasteiger partial charge in [-0.3, -0.25) is 43.6 Å². The first kappa shape index (κ1) is 41.0. The van der Waals surface area contributed by atoms with Crippen LogP contribution >= 0.6 is 0 Å². The van der Waals surface area contributed by atoms with Gasteiger partial charge in [-0.05, 0) is 72.5 Å². The summed E-state index contributed by atoms with van der Waals surface area (Å²) in [5.74, 6) is -3.76. The van der Waals surface area contributed by atoms with E-state index in [0.29, 0.717) is 65.0 Å². The lowest BCUT2D eigenvalue weighted by Gasteiger charge is -2.30. The highest BCUT2D eigenvalue weighted by molar-refractivity contribution is 6.43. The van der Waals surface area contributed by atoms with Crippen LogP contribution in [0.3, 0.4) is 0 Å². The zero-order valence-electron chi connectivity index (χ0n) is 29.5. The number of nitrogens with one attached hydrogen (secondary N) is 3. The van der Waals surface area contributed by atoms with Gasteiger partial charge in [-0.15, -0.1) is 0 Å². The van der Waals surface area contributed by atoms with Gasteiger partial charge in [0.1, 0.15) is 6.04 Å². The molecule has 0 aromatic heterocycles. The molecule has 19 nitrogen and oxygen atoms in total. The molecule has 2 aliphatic heterocycles. The van der Waals surface area contributed by atoms with E-state index in [1.54, 1.807) is 30.8 Å². The van der Waals surface area contributed by atoms with E-state index in [0.717, 1.165) is 12.8 Å². The highest BCUT2D eigenvalue weighted by Gasteiger charge is 2.39. The van der Waals surface area contributed by atoms with Crippen molar-refractivity contribution < 1.29 is 53.3 Å². The molecule has 50 heavy (non-hydrogen) atoms. The van der Waals surface area contributed by atoms with Crippen molar-refractivity contribution in [3.8, 4) is 0 Å². The van der Waals surface area contributed by atoms with Crippen molar-refractivity contribution >= 4 is 42.7 Å². The molecule has 2 saturated heterocycles. The summed E-state index contributed by atoms with van der Waals surface area (Å²) >= 11 is 0. The fourth-order valence-electron chi connectivity index (χ4n) is 6.20. The highest BCUT2D eigenvalue weighted by Crippen LogP contribution is 2.29. The second kappa shape index (κ2) is 20.5. The summed E-state index contributed by atoms with van der Waals surface area (Å²) in [5, 5.41) is 27.6. The number of amides is 3. The SMILES string of the molecule is CNCC(=O)ON1OC(=O)CN(C)CCN(CCN(C)CC(=O)NC[C@H]2CC[C@H](C(=O)N[C@H](C)C(=O)N3CCC[C@H]3B(O)O)CC2)CC(=O)O1. The van der Waals surface area contributed by atoms with Gasteiger partial charge in [0.05, 0.1) is 32.1 Å². The minimum absolute atomic E-state index is 0.125. The molecule has 0 spiro atoms. The van der Waals surface area contributed by atoms with Gasteiger partial charge in [0.15, 0.2) is 0 Å². The van der Waals surface area contributed by atoms with Gasteiger partial charge >= 0.3 is 25.0 Å². The number of likely N-dealkylation sites (N-methyl/N-ethyl adjacent to an activating group) is 3. The van der Waals surface area contributed by atoms with E-state index in [4.69, 9.17) is 14.5 Å². The number of carbonyl (C=O) groups is 6. The second-order valence-corrected chi connectivity index (χ2v) is 13.3. The maximum Gasteiger partial charge on any atom is 0.475 e. The van der Waals surface area contributed by atoms with Crippen LogP contribution in [-0.2, 0) is 43.3 Å². The van der Waals surface area contributed by atoms with Crippen molar-refractivity contribution in [2.24, 2.45) is 11.8 Å². The van der Waals surface area contributed by atoms with Crippen molar-refractivity contribution in [1.29, 1.82) is 0 Å². The zero-order valence-corrected chi connectivity index (χ0v) is 29.5. The average Bonchev–Trinajstić information content (AvgIpc) is 3.54. The molecule has 282 valence electrons. The fourth-order valence-corrected chi connectivity index (χ4v) is 6.20. The summed E-state index contributed by atoms with van der Waals surface area (Å²) in [5.41, 5.74) is 0. The van der Waals surface area contributed by atoms with Crippen LogP contribution in [0.5, 0.6) is 0 Å². The van der Waals surface area contributed by atoms with Crippen LogP contribution in [0.15, 0.2) is 0 Å². The summed E-state index contributed by atoms with van der Waals surface area (Å²) in [6, 6.07) is -0.765. The van der Waals surface area contributed by atoms with E-state index in [-0.39, 0.29) is 61.1 Å². The second-order valence-electron chi connectivity index (χ2n) is 13.3. The predicted molar refractivity (Wildman–Crippen MR) is 176 cm³/mol. The molecule has 0 unspecified atom stereocenters. The normalized spacial score (nSPS) is 23.7.